The Balaban J connectivity index is 1.87. The molecule has 110 valence electrons. The van der Waals surface area contributed by atoms with Crippen molar-refractivity contribution in [3.05, 3.63) is 65.7 Å². The Kier molecular flexibility index (Phi) is 3.81. The van der Waals surface area contributed by atoms with E-state index in [1.165, 1.54) is 11.1 Å². The van der Waals surface area contributed by atoms with Crippen LogP contribution >= 0.6 is 15.9 Å². The van der Waals surface area contributed by atoms with E-state index in [0.717, 1.165) is 23.3 Å². The highest BCUT2D eigenvalue weighted by atomic mass is 79.9. The second kappa shape index (κ2) is 5.77. The summed E-state index contributed by atoms with van der Waals surface area (Å²) in [5.74, 6) is -1.62. The predicted molar refractivity (Wildman–Crippen MR) is 88.1 cm³/mol. The van der Waals surface area contributed by atoms with Crippen LogP contribution in [-0.2, 0) is 9.59 Å². The normalized spacial score (nSPS) is 15.4. The van der Waals surface area contributed by atoms with E-state index < -0.39 is 11.9 Å². The number of carbonyl (C=O) groups excluding carboxylic acids is 1. The SMILES string of the molecule is O=C(O)C=CC(=O)Nc1ccc2c(c1)C(Br)c1ccccc1-2. The lowest BCUT2D eigenvalue weighted by atomic mass is 10.1. The molecule has 0 bridgehead atoms. The molecular formula is C17H12BrNO3. The molecule has 1 amide bonds. The molecule has 0 aromatic heterocycles. The van der Waals surface area contributed by atoms with Gasteiger partial charge in [-0.25, -0.2) is 4.79 Å². The summed E-state index contributed by atoms with van der Waals surface area (Å²) in [5.41, 5.74) is 5.24. The average Bonchev–Trinajstić information content (AvgIpc) is 2.79. The number of fused-ring (bicyclic) bond motifs is 3. The highest BCUT2D eigenvalue weighted by Gasteiger charge is 2.26. The van der Waals surface area contributed by atoms with Crippen LogP contribution in [0.25, 0.3) is 11.1 Å². The summed E-state index contributed by atoms with van der Waals surface area (Å²) in [5, 5.41) is 11.2. The van der Waals surface area contributed by atoms with Gasteiger partial charge in [-0.15, -0.1) is 0 Å². The van der Waals surface area contributed by atoms with E-state index in [9.17, 15) is 9.59 Å². The van der Waals surface area contributed by atoms with Crippen molar-refractivity contribution < 1.29 is 14.7 Å². The van der Waals surface area contributed by atoms with Gasteiger partial charge in [0.15, 0.2) is 0 Å². The van der Waals surface area contributed by atoms with Crippen LogP contribution in [0.15, 0.2) is 54.6 Å². The van der Waals surface area contributed by atoms with Crippen LogP contribution in [0.4, 0.5) is 5.69 Å². The predicted octanol–water partition coefficient (Wildman–Crippen LogP) is 3.73. The van der Waals surface area contributed by atoms with Crippen molar-refractivity contribution in [2.75, 3.05) is 5.32 Å². The highest BCUT2D eigenvalue weighted by molar-refractivity contribution is 9.09. The van der Waals surface area contributed by atoms with Crippen LogP contribution in [0.5, 0.6) is 0 Å². The van der Waals surface area contributed by atoms with Gasteiger partial charge in [-0.1, -0.05) is 46.3 Å². The molecule has 1 atom stereocenters. The van der Waals surface area contributed by atoms with Crippen molar-refractivity contribution in [3.8, 4) is 11.1 Å². The number of amides is 1. The molecule has 4 nitrogen and oxygen atoms in total. The second-order valence-corrected chi connectivity index (χ2v) is 5.83. The van der Waals surface area contributed by atoms with E-state index >= 15 is 0 Å². The van der Waals surface area contributed by atoms with E-state index in [2.05, 4.69) is 33.4 Å². The monoisotopic (exact) mass is 357 g/mol. The van der Waals surface area contributed by atoms with Gasteiger partial charge in [-0.2, -0.15) is 0 Å². The molecule has 2 aromatic carbocycles. The van der Waals surface area contributed by atoms with Gasteiger partial charge in [-0.3, -0.25) is 4.79 Å². The van der Waals surface area contributed by atoms with Crippen molar-refractivity contribution in [2.24, 2.45) is 0 Å². The van der Waals surface area contributed by atoms with Gasteiger partial charge in [-0.05, 0) is 34.4 Å². The molecule has 0 heterocycles. The number of halogens is 1. The fourth-order valence-corrected chi connectivity index (χ4v) is 3.34. The summed E-state index contributed by atoms with van der Waals surface area (Å²) in [6.07, 6.45) is 1.81. The Morgan fingerprint density at radius 3 is 2.55 bits per heavy atom. The third-order valence-corrected chi connectivity index (χ3v) is 4.48. The van der Waals surface area contributed by atoms with Crippen LogP contribution in [0, 0.1) is 0 Å². The average molecular weight is 358 g/mol. The van der Waals surface area contributed by atoms with Crippen LogP contribution in [0.2, 0.25) is 0 Å². The zero-order chi connectivity index (χ0) is 15.7. The number of carboxylic acids is 1. The lowest BCUT2D eigenvalue weighted by Gasteiger charge is -2.08. The molecular weight excluding hydrogens is 346 g/mol. The molecule has 0 saturated heterocycles. The lowest BCUT2D eigenvalue weighted by molar-refractivity contribution is -0.131. The molecule has 0 radical (unpaired) electrons. The number of carbonyl (C=O) groups is 2. The van der Waals surface area contributed by atoms with Crippen molar-refractivity contribution in [3.63, 3.8) is 0 Å². The first-order valence-corrected chi connectivity index (χ1v) is 7.57. The Labute approximate surface area is 135 Å². The molecule has 0 aliphatic heterocycles. The van der Waals surface area contributed by atoms with Crippen LogP contribution in [0.1, 0.15) is 16.0 Å². The third kappa shape index (κ3) is 2.67. The molecule has 0 fully saturated rings. The van der Waals surface area contributed by atoms with E-state index in [1.807, 2.05) is 30.3 Å². The van der Waals surface area contributed by atoms with E-state index in [0.29, 0.717) is 5.69 Å². The zero-order valence-electron chi connectivity index (χ0n) is 11.4. The third-order valence-electron chi connectivity index (χ3n) is 3.49. The van der Waals surface area contributed by atoms with E-state index in [-0.39, 0.29) is 4.83 Å². The summed E-state index contributed by atoms with van der Waals surface area (Å²) in [4.78, 5) is 22.1. The standard InChI is InChI=1S/C17H12BrNO3/c18-17-13-4-2-1-3-11(13)12-6-5-10(9-14(12)17)19-15(20)7-8-16(21)22/h1-9,17H,(H,19,20)(H,21,22). The van der Waals surface area contributed by atoms with Crippen molar-refractivity contribution in [2.45, 2.75) is 4.83 Å². The summed E-state index contributed by atoms with van der Waals surface area (Å²) >= 11 is 3.68. The minimum absolute atomic E-state index is 0.0881. The zero-order valence-corrected chi connectivity index (χ0v) is 13.0. The molecule has 1 aliphatic carbocycles. The van der Waals surface area contributed by atoms with Crippen LogP contribution in [0.3, 0.4) is 0 Å². The van der Waals surface area contributed by atoms with Crippen LogP contribution in [-0.4, -0.2) is 17.0 Å². The molecule has 0 spiro atoms. The summed E-state index contributed by atoms with van der Waals surface area (Å²) in [6, 6.07) is 13.8. The highest BCUT2D eigenvalue weighted by Crippen LogP contribution is 2.48. The number of nitrogens with one attached hydrogen (secondary N) is 1. The number of alkyl halides is 1. The Hall–Kier alpha value is -2.40. The molecule has 0 saturated carbocycles. The summed E-state index contributed by atoms with van der Waals surface area (Å²) < 4.78 is 0. The number of hydrogen-bond acceptors (Lipinski definition) is 2. The molecule has 2 aromatic rings. The van der Waals surface area contributed by atoms with Crippen LogP contribution < -0.4 is 5.32 Å². The van der Waals surface area contributed by atoms with E-state index in [4.69, 9.17) is 5.11 Å². The van der Waals surface area contributed by atoms with Gasteiger partial charge >= 0.3 is 5.97 Å². The first kappa shape index (κ1) is 14.5. The smallest absolute Gasteiger partial charge is 0.328 e. The molecule has 5 heteroatoms. The number of aliphatic carboxylic acids is 1. The lowest BCUT2D eigenvalue weighted by Crippen LogP contribution is -2.08. The van der Waals surface area contributed by atoms with Crippen molar-refractivity contribution >= 4 is 33.5 Å². The maximum absolute atomic E-state index is 11.6. The molecule has 1 unspecified atom stereocenters. The maximum Gasteiger partial charge on any atom is 0.328 e. The van der Waals surface area contributed by atoms with Crippen molar-refractivity contribution in [1.82, 2.24) is 0 Å². The fraction of sp³-hybridized carbons (Fsp3) is 0.0588. The first-order valence-electron chi connectivity index (χ1n) is 6.65. The minimum atomic E-state index is -1.15. The molecule has 22 heavy (non-hydrogen) atoms. The van der Waals surface area contributed by atoms with Gasteiger partial charge < -0.3 is 10.4 Å². The van der Waals surface area contributed by atoms with Gasteiger partial charge in [0.05, 0.1) is 4.83 Å². The van der Waals surface area contributed by atoms with E-state index in [1.54, 1.807) is 0 Å². The second-order valence-electron chi connectivity index (χ2n) is 4.91. The summed E-state index contributed by atoms with van der Waals surface area (Å²) in [7, 11) is 0. The first-order chi connectivity index (χ1) is 10.6. The number of carboxylic acid groups (broad SMARTS) is 1. The van der Waals surface area contributed by atoms with Gasteiger partial charge in [0.2, 0.25) is 5.91 Å². The Bertz CT molecular complexity index is 798. The maximum atomic E-state index is 11.6. The number of benzene rings is 2. The molecule has 1 aliphatic rings. The minimum Gasteiger partial charge on any atom is -0.478 e. The largest absolute Gasteiger partial charge is 0.478 e. The Morgan fingerprint density at radius 1 is 1.05 bits per heavy atom. The molecule has 3 rings (SSSR count). The van der Waals surface area contributed by atoms with Crippen molar-refractivity contribution in [1.29, 1.82) is 0 Å². The van der Waals surface area contributed by atoms with Gasteiger partial charge in [0.25, 0.3) is 0 Å². The fourth-order valence-electron chi connectivity index (χ4n) is 2.56. The Morgan fingerprint density at radius 2 is 1.77 bits per heavy atom. The number of anilines is 1. The quantitative estimate of drug-likeness (QED) is 0.649. The number of hydrogen-bond donors (Lipinski definition) is 2. The number of rotatable bonds is 3. The molecule has 2 N–H and O–H groups in total. The van der Waals surface area contributed by atoms with Gasteiger partial charge in [0.1, 0.15) is 0 Å². The summed E-state index contributed by atoms with van der Waals surface area (Å²) in [6.45, 7) is 0. The topological polar surface area (TPSA) is 66.4 Å². The van der Waals surface area contributed by atoms with Gasteiger partial charge in [0, 0.05) is 17.8 Å².